The summed E-state index contributed by atoms with van der Waals surface area (Å²) in [5, 5.41) is 2.12. The van der Waals surface area contributed by atoms with Gasteiger partial charge in [0.1, 0.15) is 5.82 Å². The number of nitrogens with one attached hydrogen (secondary N) is 2. The van der Waals surface area contributed by atoms with Crippen LogP contribution in [-0.4, -0.2) is 53.1 Å². The number of benzene rings is 1. The Labute approximate surface area is 105 Å². The Hall–Kier alpha value is -1.66. The number of H-pyrrole nitrogens is 1. The predicted molar refractivity (Wildman–Crippen MR) is 68.7 cm³/mol. The molecule has 0 bridgehead atoms. The van der Waals surface area contributed by atoms with E-state index < -0.39 is 0 Å². The van der Waals surface area contributed by atoms with Gasteiger partial charge in [0, 0.05) is 26.2 Å². The first-order chi connectivity index (χ1) is 8.70. The standard InChI is InChI=1S/C12H16FN5/c1-17-4-6-18(7-5-17)16-12-14-10-3-2-9(13)8-11(10)15-12/h2-3,8H,4-7H2,1H3,(H2,14,15,16). The maximum atomic E-state index is 13.1. The molecule has 1 fully saturated rings. The number of aromatic amines is 1. The molecular formula is C12H16FN5. The van der Waals surface area contributed by atoms with Crippen LogP contribution in [0.4, 0.5) is 10.3 Å². The van der Waals surface area contributed by atoms with Gasteiger partial charge in [-0.3, -0.25) is 5.43 Å². The van der Waals surface area contributed by atoms with Crippen LogP contribution in [0.15, 0.2) is 18.2 Å². The molecule has 0 spiro atoms. The SMILES string of the molecule is CN1CCN(Nc2nc3ccc(F)cc3[nH]2)CC1. The highest BCUT2D eigenvalue weighted by molar-refractivity contribution is 5.77. The van der Waals surface area contributed by atoms with Crippen molar-refractivity contribution in [2.75, 3.05) is 38.7 Å². The molecule has 18 heavy (non-hydrogen) atoms. The van der Waals surface area contributed by atoms with Crippen LogP contribution in [0.5, 0.6) is 0 Å². The number of fused-ring (bicyclic) bond motifs is 1. The first-order valence-electron chi connectivity index (χ1n) is 6.06. The van der Waals surface area contributed by atoms with Crippen molar-refractivity contribution in [3.8, 4) is 0 Å². The molecule has 5 nitrogen and oxygen atoms in total. The molecule has 6 heteroatoms. The molecule has 1 aromatic carbocycles. The van der Waals surface area contributed by atoms with Crippen LogP contribution >= 0.6 is 0 Å². The van der Waals surface area contributed by atoms with Gasteiger partial charge in [-0.2, -0.15) is 0 Å². The molecule has 2 aromatic rings. The number of hydrazine groups is 1. The highest BCUT2D eigenvalue weighted by atomic mass is 19.1. The van der Waals surface area contributed by atoms with E-state index in [2.05, 4.69) is 32.4 Å². The van der Waals surface area contributed by atoms with Crippen molar-refractivity contribution in [1.82, 2.24) is 19.9 Å². The van der Waals surface area contributed by atoms with Crippen molar-refractivity contribution in [1.29, 1.82) is 0 Å². The van der Waals surface area contributed by atoms with Crippen LogP contribution in [0.25, 0.3) is 11.0 Å². The summed E-state index contributed by atoms with van der Waals surface area (Å²) in [6.07, 6.45) is 0. The van der Waals surface area contributed by atoms with Gasteiger partial charge in [0.15, 0.2) is 0 Å². The molecule has 0 amide bonds. The quantitative estimate of drug-likeness (QED) is 0.841. The number of likely N-dealkylation sites (N-methyl/N-ethyl adjacent to an activating group) is 1. The zero-order valence-electron chi connectivity index (χ0n) is 10.3. The van der Waals surface area contributed by atoms with Gasteiger partial charge in [0.25, 0.3) is 0 Å². The maximum Gasteiger partial charge on any atom is 0.216 e. The molecule has 1 aliphatic rings. The van der Waals surface area contributed by atoms with Crippen LogP contribution in [0, 0.1) is 5.82 Å². The normalized spacial score (nSPS) is 18.3. The van der Waals surface area contributed by atoms with E-state index in [0.29, 0.717) is 11.5 Å². The molecule has 0 saturated carbocycles. The minimum atomic E-state index is -0.253. The fourth-order valence-electron chi connectivity index (χ4n) is 2.10. The van der Waals surface area contributed by atoms with Crippen molar-refractivity contribution in [3.05, 3.63) is 24.0 Å². The predicted octanol–water partition coefficient (Wildman–Crippen LogP) is 1.28. The Morgan fingerprint density at radius 1 is 1.28 bits per heavy atom. The lowest BCUT2D eigenvalue weighted by atomic mass is 10.3. The van der Waals surface area contributed by atoms with Crippen LogP contribution in [0.3, 0.4) is 0 Å². The number of hydrogen-bond donors (Lipinski definition) is 2. The smallest absolute Gasteiger partial charge is 0.216 e. The molecule has 0 radical (unpaired) electrons. The summed E-state index contributed by atoms with van der Waals surface area (Å²) in [5.41, 5.74) is 4.71. The fourth-order valence-corrected chi connectivity index (χ4v) is 2.10. The van der Waals surface area contributed by atoms with Crippen LogP contribution in [0.2, 0.25) is 0 Å². The average molecular weight is 249 g/mol. The first-order valence-corrected chi connectivity index (χ1v) is 6.06. The third kappa shape index (κ3) is 2.30. The number of anilines is 1. The van der Waals surface area contributed by atoms with Gasteiger partial charge < -0.3 is 9.88 Å². The summed E-state index contributed by atoms with van der Waals surface area (Å²) in [4.78, 5) is 9.74. The van der Waals surface area contributed by atoms with Crippen LogP contribution < -0.4 is 5.43 Å². The van der Waals surface area contributed by atoms with Gasteiger partial charge in [0.05, 0.1) is 11.0 Å². The second kappa shape index (κ2) is 4.55. The monoisotopic (exact) mass is 249 g/mol. The largest absolute Gasteiger partial charge is 0.323 e. The lowest BCUT2D eigenvalue weighted by Gasteiger charge is -2.32. The number of halogens is 1. The maximum absolute atomic E-state index is 13.1. The van der Waals surface area contributed by atoms with Crippen molar-refractivity contribution in [3.63, 3.8) is 0 Å². The van der Waals surface area contributed by atoms with Gasteiger partial charge in [-0.05, 0) is 25.2 Å². The van der Waals surface area contributed by atoms with E-state index in [-0.39, 0.29) is 5.82 Å². The van der Waals surface area contributed by atoms with E-state index in [4.69, 9.17) is 0 Å². The van der Waals surface area contributed by atoms with Gasteiger partial charge >= 0.3 is 0 Å². The molecule has 3 rings (SSSR count). The highest BCUT2D eigenvalue weighted by Crippen LogP contribution is 2.16. The van der Waals surface area contributed by atoms with Gasteiger partial charge in [-0.1, -0.05) is 0 Å². The minimum Gasteiger partial charge on any atom is -0.323 e. The molecule has 2 heterocycles. The van der Waals surface area contributed by atoms with Crippen molar-refractivity contribution in [2.24, 2.45) is 0 Å². The Balaban J connectivity index is 1.74. The highest BCUT2D eigenvalue weighted by Gasteiger charge is 2.14. The van der Waals surface area contributed by atoms with Gasteiger partial charge in [-0.15, -0.1) is 0 Å². The van der Waals surface area contributed by atoms with Crippen molar-refractivity contribution < 1.29 is 4.39 Å². The number of nitrogens with zero attached hydrogens (tertiary/aromatic N) is 3. The van der Waals surface area contributed by atoms with E-state index in [9.17, 15) is 4.39 Å². The van der Waals surface area contributed by atoms with Gasteiger partial charge in [-0.25, -0.2) is 14.4 Å². The number of rotatable bonds is 2. The summed E-state index contributed by atoms with van der Waals surface area (Å²) in [6, 6.07) is 4.55. The van der Waals surface area contributed by atoms with E-state index in [1.807, 2.05) is 0 Å². The lowest BCUT2D eigenvalue weighted by molar-refractivity contribution is 0.178. The minimum absolute atomic E-state index is 0.253. The second-order valence-corrected chi connectivity index (χ2v) is 4.65. The summed E-state index contributed by atoms with van der Waals surface area (Å²) in [5.74, 6) is 0.414. The zero-order chi connectivity index (χ0) is 12.5. The Morgan fingerprint density at radius 3 is 2.83 bits per heavy atom. The van der Waals surface area contributed by atoms with E-state index >= 15 is 0 Å². The molecule has 1 saturated heterocycles. The summed E-state index contributed by atoms with van der Waals surface area (Å²) in [6.45, 7) is 3.95. The van der Waals surface area contributed by atoms with E-state index in [1.54, 1.807) is 6.07 Å². The first kappa shape index (κ1) is 11.4. The number of piperazine rings is 1. The molecule has 0 atom stereocenters. The molecule has 2 N–H and O–H groups in total. The second-order valence-electron chi connectivity index (χ2n) is 4.65. The van der Waals surface area contributed by atoms with Crippen LogP contribution in [-0.2, 0) is 0 Å². The summed E-state index contributed by atoms with van der Waals surface area (Å²) >= 11 is 0. The third-order valence-corrected chi connectivity index (χ3v) is 3.21. The molecule has 1 aliphatic heterocycles. The summed E-state index contributed by atoms with van der Waals surface area (Å²) < 4.78 is 13.1. The summed E-state index contributed by atoms with van der Waals surface area (Å²) in [7, 11) is 2.11. The van der Waals surface area contributed by atoms with E-state index in [1.165, 1.54) is 12.1 Å². The molecule has 0 unspecified atom stereocenters. The van der Waals surface area contributed by atoms with Crippen molar-refractivity contribution in [2.45, 2.75) is 0 Å². The number of aromatic nitrogens is 2. The molecule has 0 aliphatic carbocycles. The Bertz CT molecular complexity index is 544. The Kier molecular flexibility index (Phi) is 2.89. The number of imidazole rings is 1. The van der Waals surface area contributed by atoms with Gasteiger partial charge in [0.2, 0.25) is 5.95 Å². The zero-order valence-corrected chi connectivity index (χ0v) is 10.3. The topological polar surface area (TPSA) is 47.2 Å². The fraction of sp³-hybridized carbons (Fsp3) is 0.417. The lowest BCUT2D eigenvalue weighted by Crippen LogP contribution is -2.47. The third-order valence-electron chi connectivity index (χ3n) is 3.21. The van der Waals surface area contributed by atoms with Crippen molar-refractivity contribution >= 4 is 17.0 Å². The van der Waals surface area contributed by atoms with E-state index in [0.717, 1.165) is 31.7 Å². The molecule has 96 valence electrons. The molecular weight excluding hydrogens is 233 g/mol. The number of hydrogen-bond acceptors (Lipinski definition) is 4. The average Bonchev–Trinajstić information content (AvgIpc) is 2.73. The Morgan fingerprint density at radius 2 is 2.06 bits per heavy atom. The van der Waals surface area contributed by atoms with Crippen LogP contribution in [0.1, 0.15) is 0 Å². The molecule has 1 aromatic heterocycles.